The minimum atomic E-state index is -0.399. The van der Waals surface area contributed by atoms with E-state index < -0.39 is 5.97 Å². The predicted octanol–water partition coefficient (Wildman–Crippen LogP) is 3.05. The van der Waals surface area contributed by atoms with Gasteiger partial charge in [0.1, 0.15) is 11.3 Å². The van der Waals surface area contributed by atoms with Crippen molar-refractivity contribution in [1.29, 1.82) is 0 Å². The minimum Gasteiger partial charge on any atom is -0.496 e. The van der Waals surface area contributed by atoms with Crippen LogP contribution < -0.4 is 15.0 Å². The van der Waals surface area contributed by atoms with Crippen molar-refractivity contribution in [2.24, 2.45) is 0 Å². The Balaban J connectivity index is 2.01. The van der Waals surface area contributed by atoms with E-state index in [1.165, 1.54) is 7.11 Å². The fraction of sp³-hybridized carbons (Fsp3) is 0.235. The van der Waals surface area contributed by atoms with Gasteiger partial charge in [-0.25, -0.2) is 4.79 Å². The molecule has 0 aromatic heterocycles. The second-order valence-electron chi connectivity index (χ2n) is 4.97. The number of carbonyl (C=O) groups excluding carboxylic acids is 1. The third-order valence-electron chi connectivity index (χ3n) is 3.75. The van der Waals surface area contributed by atoms with Gasteiger partial charge in [-0.3, -0.25) is 0 Å². The van der Waals surface area contributed by atoms with Gasteiger partial charge in [-0.2, -0.15) is 0 Å². The normalized spacial score (nSPS) is 13.1. The lowest BCUT2D eigenvalue weighted by Crippen LogP contribution is -2.30. The van der Waals surface area contributed by atoms with Crippen LogP contribution in [0.5, 0.6) is 5.75 Å². The molecule has 0 atom stereocenters. The Kier molecular flexibility index (Phi) is 3.87. The zero-order valence-electron chi connectivity index (χ0n) is 12.6. The molecule has 114 valence electrons. The Morgan fingerprint density at radius 1 is 1.18 bits per heavy atom. The van der Waals surface area contributed by atoms with Crippen LogP contribution in [0.2, 0.25) is 0 Å². The average Bonchev–Trinajstić information content (AvgIpc) is 2.60. The topological polar surface area (TPSA) is 50.8 Å². The molecule has 2 aromatic carbocycles. The summed E-state index contributed by atoms with van der Waals surface area (Å²) in [6, 6.07) is 13.7. The molecule has 5 nitrogen and oxygen atoms in total. The summed E-state index contributed by atoms with van der Waals surface area (Å²) >= 11 is 0. The molecular formula is C17H18N2O3. The lowest BCUT2D eigenvalue weighted by molar-refractivity contribution is 0.0597. The molecule has 1 aliphatic rings. The van der Waals surface area contributed by atoms with Gasteiger partial charge in [0.05, 0.1) is 25.6 Å². The lowest BCUT2D eigenvalue weighted by Gasteiger charge is -2.32. The first kappa shape index (κ1) is 14.3. The zero-order valence-corrected chi connectivity index (χ0v) is 12.6. The molecule has 0 amide bonds. The monoisotopic (exact) mass is 298 g/mol. The fourth-order valence-corrected chi connectivity index (χ4v) is 2.68. The Bertz CT molecular complexity index is 700. The molecule has 0 spiro atoms. The number of rotatable bonds is 3. The number of nitrogens with zero attached hydrogens (tertiary/aromatic N) is 1. The first-order valence-electron chi connectivity index (χ1n) is 7.11. The van der Waals surface area contributed by atoms with Gasteiger partial charge in [0, 0.05) is 24.8 Å². The highest BCUT2D eigenvalue weighted by atomic mass is 16.5. The van der Waals surface area contributed by atoms with Crippen molar-refractivity contribution in [3.8, 4) is 5.75 Å². The number of esters is 1. The van der Waals surface area contributed by atoms with Crippen LogP contribution in [0.3, 0.4) is 0 Å². The van der Waals surface area contributed by atoms with Gasteiger partial charge in [-0.1, -0.05) is 12.1 Å². The first-order valence-corrected chi connectivity index (χ1v) is 7.11. The number of fused-ring (bicyclic) bond motifs is 1. The molecule has 0 radical (unpaired) electrons. The van der Waals surface area contributed by atoms with Gasteiger partial charge < -0.3 is 19.7 Å². The maximum atomic E-state index is 11.8. The second kappa shape index (κ2) is 5.97. The number of hydrogen-bond donors (Lipinski definition) is 1. The van der Waals surface area contributed by atoms with E-state index in [-0.39, 0.29) is 0 Å². The maximum Gasteiger partial charge on any atom is 0.341 e. The Labute approximate surface area is 129 Å². The Hall–Kier alpha value is -2.69. The summed E-state index contributed by atoms with van der Waals surface area (Å²) in [5.41, 5.74) is 3.63. The summed E-state index contributed by atoms with van der Waals surface area (Å²) in [5.74, 6) is 0.115. The zero-order chi connectivity index (χ0) is 15.5. The fourth-order valence-electron chi connectivity index (χ4n) is 2.68. The molecule has 1 N–H and O–H groups in total. The highest BCUT2D eigenvalue weighted by Crippen LogP contribution is 2.36. The Morgan fingerprint density at radius 3 is 2.77 bits per heavy atom. The van der Waals surface area contributed by atoms with Gasteiger partial charge in [0.25, 0.3) is 0 Å². The van der Waals surface area contributed by atoms with Crippen molar-refractivity contribution in [3.05, 3.63) is 48.0 Å². The van der Waals surface area contributed by atoms with Crippen LogP contribution in [0, 0.1) is 0 Å². The van der Waals surface area contributed by atoms with E-state index in [4.69, 9.17) is 9.47 Å². The third-order valence-corrected chi connectivity index (χ3v) is 3.75. The number of carbonyl (C=O) groups is 1. The Morgan fingerprint density at radius 2 is 2.00 bits per heavy atom. The van der Waals surface area contributed by atoms with E-state index in [1.54, 1.807) is 13.2 Å². The van der Waals surface area contributed by atoms with Gasteiger partial charge in [0.2, 0.25) is 0 Å². The van der Waals surface area contributed by atoms with E-state index >= 15 is 0 Å². The molecule has 2 aromatic rings. The summed E-state index contributed by atoms with van der Waals surface area (Å²) in [6.07, 6.45) is 0. The molecule has 1 aliphatic heterocycles. The van der Waals surface area contributed by atoms with Crippen LogP contribution in [0.15, 0.2) is 42.5 Å². The molecule has 0 fully saturated rings. The van der Waals surface area contributed by atoms with E-state index in [1.807, 2.05) is 24.3 Å². The third kappa shape index (κ3) is 2.45. The van der Waals surface area contributed by atoms with E-state index in [0.717, 1.165) is 30.2 Å². The lowest BCUT2D eigenvalue weighted by atomic mass is 10.1. The van der Waals surface area contributed by atoms with E-state index in [9.17, 15) is 4.79 Å². The molecule has 1 heterocycles. The summed E-state index contributed by atoms with van der Waals surface area (Å²) in [4.78, 5) is 14.0. The van der Waals surface area contributed by atoms with Crippen molar-refractivity contribution >= 4 is 23.0 Å². The number of anilines is 3. The first-order chi connectivity index (χ1) is 10.7. The molecule has 0 saturated carbocycles. The average molecular weight is 298 g/mol. The molecule has 0 aliphatic carbocycles. The van der Waals surface area contributed by atoms with Crippen molar-refractivity contribution in [2.75, 3.05) is 37.5 Å². The van der Waals surface area contributed by atoms with Crippen LogP contribution in [-0.2, 0) is 4.74 Å². The minimum absolute atomic E-state index is 0.399. The molecule has 3 rings (SSSR count). The van der Waals surface area contributed by atoms with Crippen LogP contribution in [0.1, 0.15) is 10.4 Å². The SMILES string of the molecule is COC(=O)c1ccc(N2CCNc3ccccc32)cc1OC. The highest BCUT2D eigenvalue weighted by Gasteiger charge is 2.20. The molecule has 5 heteroatoms. The number of nitrogens with one attached hydrogen (secondary N) is 1. The maximum absolute atomic E-state index is 11.8. The van der Waals surface area contributed by atoms with Crippen LogP contribution in [0.25, 0.3) is 0 Å². The van der Waals surface area contributed by atoms with Crippen molar-refractivity contribution < 1.29 is 14.3 Å². The molecule has 0 unspecified atom stereocenters. The van der Waals surface area contributed by atoms with Gasteiger partial charge in [0.15, 0.2) is 0 Å². The number of ether oxygens (including phenoxy) is 2. The van der Waals surface area contributed by atoms with Gasteiger partial charge >= 0.3 is 5.97 Å². The predicted molar refractivity (Wildman–Crippen MR) is 86.3 cm³/mol. The van der Waals surface area contributed by atoms with Gasteiger partial charge in [-0.15, -0.1) is 0 Å². The molecular weight excluding hydrogens is 280 g/mol. The smallest absolute Gasteiger partial charge is 0.341 e. The van der Waals surface area contributed by atoms with Crippen molar-refractivity contribution in [2.45, 2.75) is 0 Å². The van der Waals surface area contributed by atoms with Gasteiger partial charge in [-0.05, 0) is 24.3 Å². The standard InChI is InChI=1S/C17H18N2O3/c1-21-16-11-12(7-8-13(16)17(20)22-2)19-10-9-18-14-5-3-4-6-15(14)19/h3-8,11,18H,9-10H2,1-2H3. The second-order valence-corrected chi connectivity index (χ2v) is 4.97. The summed E-state index contributed by atoms with van der Waals surface area (Å²) in [7, 11) is 2.92. The molecule has 0 bridgehead atoms. The number of methoxy groups -OCH3 is 2. The van der Waals surface area contributed by atoms with Crippen molar-refractivity contribution in [3.63, 3.8) is 0 Å². The van der Waals surface area contributed by atoms with E-state index in [2.05, 4.69) is 22.3 Å². The van der Waals surface area contributed by atoms with Crippen molar-refractivity contribution in [1.82, 2.24) is 0 Å². The summed E-state index contributed by atoms with van der Waals surface area (Å²) in [5, 5.41) is 3.38. The van der Waals surface area contributed by atoms with E-state index in [0.29, 0.717) is 11.3 Å². The quantitative estimate of drug-likeness (QED) is 0.883. The number of benzene rings is 2. The number of hydrogen-bond acceptors (Lipinski definition) is 5. The van der Waals surface area contributed by atoms with Crippen LogP contribution in [-0.4, -0.2) is 33.3 Å². The van der Waals surface area contributed by atoms with Crippen LogP contribution in [0.4, 0.5) is 17.1 Å². The summed E-state index contributed by atoms with van der Waals surface area (Å²) < 4.78 is 10.1. The largest absolute Gasteiger partial charge is 0.496 e. The molecule has 0 saturated heterocycles. The molecule has 22 heavy (non-hydrogen) atoms. The number of para-hydroxylation sites is 2. The summed E-state index contributed by atoms with van der Waals surface area (Å²) in [6.45, 7) is 1.70. The highest BCUT2D eigenvalue weighted by molar-refractivity contribution is 5.93. The van der Waals surface area contributed by atoms with Crippen LogP contribution >= 0.6 is 0 Å².